The predicted octanol–water partition coefficient (Wildman–Crippen LogP) is 4.66. The number of pyridine rings is 1. The van der Waals surface area contributed by atoms with Gasteiger partial charge in [-0.25, -0.2) is 0 Å². The number of aryl methyl sites for hydroxylation is 1. The summed E-state index contributed by atoms with van der Waals surface area (Å²) in [4.78, 5) is 4.70. The molecule has 0 aliphatic heterocycles. The Kier molecular flexibility index (Phi) is 3.68. The van der Waals surface area contributed by atoms with Gasteiger partial charge in [0.05, 0.1) is 5.52 Å². The maximum Gasteiger partial charge on any atom is 0.0708 e. The third-order valence-corrected chi connectivity index (χ3v) is 3.41. The third kappa shape index (κ3) is 2.44. The fraction of sp³-hybridized carbons (Fsp3) is 0.400. The summed E-state index contributed by atoms with van der Waals surface area (Å²) in [5.74, 6) is 0.985. The summed E-state index contributed by atoms with van der Waals surface area (Å²) in [6.45, 7) is 6.48. The van der Waals surface area contributed by atoms with E-state index >= 15 is 0 Å². The van der Waals surface area contributed by atoms with E-state index in [4.69, 9.17) is 16.6 Å². The average molecular weight is 248 g/mol. The Labute approximate surface area is 108 Å². The molecule has 0 radical (unpaired) electrons. The van der Waals surface area contributed by atoms with Crippen molar-refractivity contribution in [1.82, 2.24) is 4.98 Å². The van der Waals surface area contributed by atoms with Crippen LogP contribution in [0.4, 0.5) is 0 Å². The molecule has 0 fully saturated rings. The molecular formula is C15H18ClN. The van der Waals surface area contributed by atoms with Crippen LogP contribution in [0.1, 0.15) is 43.5 Å². The van der Waals surface area contributed by atoms with Crippen molar-refractivity contribution < 1.29 is 0 Å². The van der Waals surface area contributed by atoms with Gasteiger partial charge in [0.25, 0.3) is 0 Å². The second-order valence-corrected chi connectivity index (χ2v) is 4.97. The number of hydrogen-bond donors (Lipinski definition) is 0. The van der Waals surface area contributed by atoms with Crippen LogP contribution < -0.4 is 0 Å². The Morgan fingerprint density at radius 3 is 2.59 bits per heavy atom. The molecule has 0 unspecified atom stereocenters. The number of halogens is 1. The maximum absolute atomic E-state index is 6.05. The SMILES string of the molecule is CCc1ccc2nc(C(C)C)cc(CCl)c2c1. The van der Waals surface area contributed by atoms with Gasteiger partial charge < -0.3 is 0 Å². The van der Waals surface area contributed by atoms with Gasteiger partial charge >= 0.3 is 0 Å². The first-order chi connectivity index (χ1) is 8.15. The lowest BCUT2D eigenvalue weighted by Crippen LogP contribution is -1.97. The highest BCUT2D eigenvalue weighted by Crippen LogP contribution is 2.24. The van der Waals surface area contributed by atoms with Gasteiger partial charge in [0.1, 0.15) is 0 Å². The van der Waals surface area contributed by atoms with Gasteiger partial charge in [-0.15, -0.1) is 11.6 Å². The molecule has 0 bridgehead atoms. The van der Waals surface area contributed by atoms with Gasteiger partial charge in [0.2, 0.25) is 0 Å². The molecule has 2 rings (SSSR count). The van der Waals surface area contributed by atoms with E-state index in [-0.39, 0.29) is 0 Å². The zero-order valence-corrected chi connectivity index (χ0v) is 11.4. The van der Waals surface area contributed by atoms with E-state index in [0.29, 0.717) is 11.8 Å². The van der Waals surface area contributed by atoms with E-state index in [0.717, 1.165) is 17.6 Å². The fourth-order valence-corrected chi connectivity index (χ4v) is 2.21. The van der Waals surface area contributed by atoms with Crippen molar-refractivity contribution in [3.8, 4) is 0 Å². The smallest absolute Gasteiger partial charge is 0.0708 e. The van der Waals surface area contributed by atoms with Gasteiger partial charge in [0.15, 0.2) is 0 Å². The van der Waals surface area contributed by atoms with E-state index in [9.17, 15) is 0 Å². The molecule has 0 saturated carbocycles. The largest absolute Gasteiger partial charge is 0.253 e. The first-order valence-corrected chi connectivity index (χ1v) is 6.67. The highest BCUT2D eigenvalue weighted by molar-refractivity contribution is 6.18. The summed E-state index contributed by atoms with van der Waals surface area (Å²) in [5.41, 5.74) is 4.71. The van der Waals surface area contributed by atoms with Crippen LogP contribution in [-0.2, 0) is 12.3 Å². The summed E-state index contributed by atoms with van der Waals surface area (Å²) in [6, 6.07) is 8.61. The molecule has 0 aliphatic rings. The summed E-state index contributed by atoms with van der Waals surface area (Å²) < 4.78 is 0. The van der Waals surface area contributed by atoms with Gasteiger partial charge in [-0.2, -0.15) is 0 Å². The predicted molar refractivity (Wildman–Crippen MR) is 74.8 cm³/mol. The number of alkyl halides is 1. The van der Waals surface area contributed by atoms with Crippen LogP contribution in [0.15, 0.2) is 24.3 Å². The quantitative estimate of drug-likeness (QED) is 0.719. The van der Waals surface area contributed by atoms with E-state index in [1.165, 1.54) is 16.5 Å². The Bertz CT molecular complexity index is 532. The minimum absolute atomic E-state index is 0.437. The Morgan fingerprint density at radius 1 is 1.24 bits per heavy atom. The lowest BCUT2D eigenvalue weighted by Gasteiger charge is -2.11. The lowest BCUT2D eigenvalue weighted by molar-refractivity contribution is 0.828. The number of benzene rings is 1. The molecule has 17 heavy (non-hydrogen) atoms. The lowest BCUT2D eigenvalue weighted by atomic mass is 10.0. The van der Waals surface area contributed by atoms with Crippen molar-refractivity contribution in [3.05, 3.63) is 41.1 Å². The Balaban J connectivity index is 2.68. The van der Waals surface area contributed by atoms with Crippen molar-refractivity contribution >= 4 is 22.5 Å². The molecule has 2 aromatic rings. The minimum atomic E-state index is 0.437. The molecule has 0 spiro atoms. The normalized spacial score (nSPS) is 11.4. The number of rotatable bonds is 3. The first-order valence-electron chi connectivity index (χ1n) is 6.14. The zero-order chi connectivity index (χ0) is 12.4. The molecule has 1 aromatic carbocycles. The zero-order valence-electron chi connectivity index (χ0n) is 10.6. The molecule has 1 aromatic heterocycles. The van der Waals surface area contributed by atoms with Crippen LogP contribution in [-0.4, -0.2) is 4.98 Å². The molecule has 0 aliphatic carbocycles. The highest BCUT2D eigenvalue weighted by atomic mass is 35.5. The molecule has 0 amide bonds. The van der Waals surface area contributed by atoms with Gasteiger partial charge in [-0.05, 0) is 41.7 Å². The van der Waals surface area contributed by atoms with Gasteiger partial charge in [-0.3, -0.25) is 4.98 Å². The number of hydrogen-bond acceptors (Lipinski definition) is 1. The van der Waals surface area contributed by atoms with Gasteiger partial charge in [0, 0.05) is 17.0 Å². The number of aromatic nitrogens is 1. The van der Waals surface area contributed by atoms with Crippen molar-refractivity contribution in [1.29, 1.82) is 0 Å². The Hall–Kier alpha value is -1.08. The maximum atomic E-state index is 6.05. The second-order valence-electron chi connectivity index (χ2n) is 4.70. The molecular weight excluding hydrogens is 230 g/mol. The van der Waals surface area contributed by atoms with Crippen LogP contribution in [0.2, 0.25) is 0 Å². The second kappa shape index (κ2) is 5.05. The van der Waals surface area contributed by atoms with E-state index < -0.39 is 0 Å². The van der Waals surface area contributed by atoms with Gasteiger partial charge in [-0.1, -0.05) is 26.8 Å². The van der Waals surface area contributed by atoms with Crippen LogP contribution in [0.5, 0.6) is 0 Å². The first kappa shape index (κ1) is 12.4. The average Bonchev–Trinajstić information content (AvgIpc) is 2.36. The molecule has 1 heterocycles. The van der Waals surface area contributed by atoms with E-state index in [2.05, 4.69) is 45.0 Å². The van der Waals surface area contributed by atoms with E-state index in [1.54, 1.807) is 0 Å². The van der Waals surface area contributed by atoms with Crippen LogP contribution >= 0.6 is 11.6 Å². The summed E-state index contributed by atoms with van der Waals surface area (Å²) in [7, 11) is 0. The van der Waals surface area contributed by atoms with Crippen molar-refractivity contribution in [2.75, 3.05) is 0 Å². The molecule has 0 atom stereocenters. The van der Waals surface area contributed by atoms with Crippen LogP contribution in [0, 0.1) is 0 Å². The van der Waals surface area contributed by atoms with Crippen LogP contribution in [0.25, 0.3) is 10.9 Å². The fourth-order valence-electron chi connectivity index (χ4n) is 1.99. The molecule has 90 valence electrons. The molecule has 0 saturated heterocycles. The minimum Gasteiger partial charge on any atom is -0.253 e. The monoisotopic (exact) mass is 247 g/mol. The molecule has 1 nitrogen and oxygen atoms in total. The summed E-state index contributed by atoms with van der Waals surface area (Å²) in [5, 5.41) is 1.20. The Morgan fingerprint density at radius 2 is 2.00 bits per heavy atom. The van der Waals surface area contributed by atoms with Crippen molar-refractivity contribution in [3.63, 3.8) is 0 Å². The highest BCUT2D eigenvalue weighted by Gasteiger charge is 2.08. The third-order valence-electron chi connectivity index (χ3n) is 3.12. The molecule has 0 N–H and O–H groups in total. The van der Waals surface area contributed by atoms with E-state index in [1.807, 2.05) is 0 Å². The molecule has 2 heteroatoms. The summed E-state index contributed by atoms with van der Waals surface area (Å²) in [6.07, 6.45) is 1.05. The number of fused-ring (bicyclic) bond motifs is 1. The van der Waals surface area contributed by atoms with Crippen molar-refractivity contribution in [2.45, 2.75) is 39.0 Å². The van der Waals surface area contributed by atoms with Crippen LogP contribution in [0.3, 0.4) is 0 Å². The topological polar surface area (TPSA) is 12.9 Å². The summed E-state index contributed by atoms with van der Waals surface area (Å²) >= 11 is 6.05. The van der Waals surface area contributed by atoms with Crippen molar-refractivity contribution in [2.24, 2.45) is 0 Å². The number of nitrogens with zero attached hydrogens (tertiary/aromatic N) is 1. The standard InChI is InChI=1S/C15H18ClN/c1-4-11-5-6-14-13(7-11)12(9-16)8-15(17-14)10(2)3/h5-8,10H,4,9H2,1-3H3.